The Morgan fingerprint density at radius 2 is 1.58 bits per heavy atom. The standard InChI is InChI=1S/C66H78O11/c1-40(37-68)51-27-21-41-19-22-42(23-20-41)52-28-25-45(44-13-11-17-50(35-44)66-32-10-9-16-49(66)26-24-43-12-7-8-18-55(43)66)34-47(52)36-57(70)74-61-59-56(77-65(2,62(61)76-63(51)71)48-14-5-4-6-15-48)30-29-53-54(38-69)58(64(72)75-60(53)59)46(31-33-67)39-73-3/h7-8,11-13,17-20,22-23,29-30,35,45-49,52,61-62,67-69H,4-6,9-10,14-16,21,24-28,31-34,36-39H2,1-3H3. The molecule has 0 amide bonds. The lowest BCUT2D eigenvalue weighted by molar-refractivity contribution is -0.201. The van der Waals surface area contributed by atoms with Crippen LogP contribution >= 0.6 is 0 Å². The number of rotatable bonds is 10. The topological polar surface area (TPSA) is 162 Å². The Bertz CT molecular complexity index is 3050. The predicted molar refractivity (Wildman–Crippen MR) is 295 cm³/mol. The van der Waals surface area contributed by atoms with E-state index in [1.807, 2.05) is 6.92 Å². The van der Waals surface area contributed by atoms with Crippen LogP contribution in [0.2, 0.25) is 0 Å². The number of benzene rings is 4. The summed E-state index contributed by atoms with van der Waals surface area (Å²) < 4.78 is 32.8. The number of aliphatic hydroxyl groups excluding tert-OH is 3. The van der Waals surface area contributed by atoms with E-state index >= 15 is 9.59 Å². The molecule has 4 aliphatic carbocycles. The fourth-order valence-electron chi connectivity index (χ4n) is 15.7. The molecular formula is C66H78O11. The third-order valence-electron chi connectivity index (χ3n) is 19.7. The fourth-order valence-corrected chi connectivity index (χ4v) is 15.7. The number of ether oxygens (including phenoxy) is 4. The molecule has 408 valence electrons. The molecule has 3 fully saturated rings. The van der Waals surface area contributed by atoms with Gasteiger partial charge in [-0.2, -0.15) is 0 Å². The first kappa shape index (κ1) is 53.4. The van der Waals surface area contributed by atoms with Crippen molar-refractivity contribution >= 4 is 22.9 Å². The van der Waals surface area contributed by atoms with Gasteiger partial charge in [0.15, 0.2) is 12.2 Å². The van der Waals surface area contributed by atoms with Gasteiger partial charge in [0, 0.05) is 53.9 Å². The number of esters is 2. The molecule has 12 rings (SSSR count). The van der Waals surface area contributed by atoms with E-state index in [1.54, 1.807) is 19.1 Å². The maximum absolute atomic E-state index is 15.5. The molecule has 4 aromatic carbocycles. The molecule has 5 aromatic rings. The van der Waals surface area contributed by atoms with Crippen LogP contribution in [-0.4, -0.2) is 65.9 Å². The van der Waals surface area contributed by atoms with Crippen molar-refractivity contribution in [2.75, 3.05) is 26.9 Å². The van der Waals surface area contributed by atoms with Crippen LogP contribution in [0.25, 0.3) is 11.0 Å². The van der Waals surface area contributed by atoms with E-state index < -0.39 is 47.9 Å². The van der Waals surface area contributed by atoms with Gasteiger partial charge in [0.1, 0.15) is 16.9 Å². The second-order valence-corrected chi connectivity index (χ2v) is 23.8. The largest absolute Gasteiger partial charge is 0.483 e. The van der Waals surface area contributed by atoms with Gasteiger partial charge in [0.25, 0.3) is 0 Å². The molecule has 77 heavy (non-hydrogen) atoms. The molecule has 4 heterocycles. The van der Waals surface area contributed by atoms with Crippen LogP contribution < -0.4 is 10.4 Å². The quantitative estimate of drug-likeness (QED) is 0.0693. The number of hydrogen-bond donors (Lipinski definition) is 3. The van der Waals surface area contributed by atoms with E-state index in [2.05, 4.69) is 72.8 Å². The van der Waals surface area contributed by atoms with E-state index in [1.165, 1.54) is 60.6 Å². The summed E-state index contributed by atoms with van der Waals surface area (Å²) >= 11 is 0. The average Bonchev–Trinajstić information content (AvgIpc) is 3.61. The Hall–Kier alpha value is -5.59. The Balaban J connectivity index is 1.03. The SMILES string of the molecule is COCC(CCO)c1c(CO)c2ccc3c(c2oc1=O)C1OC(=O)CC2CC(c4cccc(C56CCCCC5CCc5ccccc56)c4)CCC2c2ccc(cc2)CCC(=C(C)CO)C(=O)OC1C(C)(C1CCCCC1)O3. The summed E-state index contributed by atoms with van der Waals surface area (Å²) in [5.74, 6) is -0.685. The zero-order valence-corrected chi connectivity index (χ0v) is 45.4. The predicted octanol–water partition coefficient (Wildman–Crippen LogP) is 12.1. The van der Waals surface area contributed by atoms with Crippen LogP contribution in [0.5, 0.6) is 5.75 Å². The van der Waals surface area contributed by atoms with Crippen molar-refractivity contribution in [3.8, 4) is 5.75 Å². The number of hydrogen-bond acceptors (Lipinski definition) is 11. The highest BCUT2D eigenvalue weighted by molar-refractivity contribution is 5.90. The lowest BCUT2D eigenvalue weighted by Gasteiger charge is -2.50. The van der Waals surface area contributed by atoms with Gasteiger partial charge < -0.3 is 38.7 Å². The van der Waals surface area contributed by atoms with Crippen molar-refractivity contribution in [3.63, 3.8) is 0 Å². The van der Waals surface area contributed by atoms with Crippen LogP contribution in [0.15, 0.2) is 105 Å². The number of carbonyl (C=O) groups excluding carboxylic acids is 2. The second-order valence-electron chi connectivity index (χ2n) is 23.8. The smallest absolute Gasteiger partial charge is 0.340 e. The van der Waals surface area contributed by atoms with Gasteiger partial charge in [-0.3, -0.25) is 4.79 Å². The number of aryl methyl sites for hydroxylation is 2. The van der Waals surface area contributed by atoms with Gasteiger partial charge >= 0.3 is 17.6 Å². The van der Waals surface area contributed by atoms with Crippen LogP contribution in [0.1, 0.15) is 191 Å². The molecule has 0 spiro atoms. The lowest BCUT2D eigenvalue weighted by atomic mass is 9.54. The van der Waals surface area contributed by atoms with E-state index in [-0.39, 0.29) is 78.5 Å². The highest BCUT2D eigenvalue weighted by atomic mass is 16.6. The van der Waals surface area contributed by atoms with Gasteiger partial charge in [-0.15, -0.1) is 0 Å². The molecule has 1 aromatic heterocycles. The molecule has 9 unspecified atom stereocenters. The third-order valence-corrected chi connectivity index (χ3v) is 19.7. The van der Waals surface area contributed by atoms with Crippen molar-refractivity contribution in [1.29, 1.82) is 0 Å². The Labute approximate surface area is 453 Å². The van der Waals surface area contributed by atoms with Crippen molar-refractivity contribution in [2.45, 2.75) is 177 Å². The minimum atomic E-state index is -1.30. The molecular weight excluding hydrogens is 969 g/mol. The maximum Gasteiger partial charge on any atom is 0.340 e. The van der Waals surface area contributed by atoms with E-state index in [9.17, 15) is 20.1 Å². The summed E-state index contributed by atoms with van der Waals surface area (Å²) in [6, 6.07) is 30.8. The van der Waals surface area contributed by atoms with E-state index in [0.717, 1.165) is 69.8 Å². The summed E-state index contributed by atoms with van der Waals surface area (Å²) in [4.78, 5) is 45.0. The van der Waals surface area contributed by atoms with Crippen molar-refractivity contribution in [2.24, 2.45) is 17.8 Å². The summed E-state index contributed by atoms with van der Waals surface area (Å²) in [6.07, 6.45) is 13.0. The number of fused-ring (bicyclic) bond motifs is 14. The van der Waals surface area contributed by atoms with Crippen molar-refractivity contribution < 1.29 is 48.3 Å². The molecule has 3 N–H and O–H groups in total. The van der Waals surface area contributed by atoms with E-state index in [4.69, 9.17) is 23.4 Å². The molecule has 11 heteroatoms. The lowest BCUT2D eigenvalue weighted by Crippen LogP contribution is -2.58. The second kappa shape index (κ2) is 22.6. The first-order valence-electron chi connectivity index (χ1n) is 29.0. The van der Waals surface area contributed by atoms with Crippen LogP contribution in [0.3, 0.4) is 0 Å². The fraction of sp³-hybridized carbons (Fsp3) is 0.530. The summed E-state index contributed by atoms with van der Waals surface area (Å²) in [6.45, 7) is 2.70. The highest BCUT2D eigenvalue weighted by Gasteiger charge is 2.57. The summed E-state index contributed by atoms with van der Waals surface area (Å²) in [7, 11) is 1.52. The summed E-state index contributed by atoms with van der Waals surface area (Å²) in [5.41, 5.74) is 7.66. The highest BCUT2D eigenvalue weighted by Crippen LogP contribution is 2.56. The average molecular weight is 1050 g/mol. The molecule has 3 aliphatic heterocycles. The number of aliphatic hydroxyl groups is 3. The van der Waals surface area contributed by atoms with Crippen molar-refractivity contribution in [3.05, 3.63) is 157 Å². The van der Waals surface area contributed by atoms with Crippen LogP contribution in [0, 0.1) is 17.8 Å². The number of carbonyl (C=O) groups is 2. The zero-order valence-electron chi connectivity index (χ0n) is 45.4. The van der Waals surface area contributed by atoms with Gasteiger partial charge in [0.2, 0.25) is 0 Å². The Morgan fingerprint density at radius 3 is 2.36 bits per heavy atom. The Morgan fingerprint density at radius 1 is 0.792 bits per heavy atom. The first-order valence-corrected chi connectivity index (χ1v) is 29.0. The van der Waals surface area contributed by atoms with Crippen molar-refractivity contribution in [1.82, 2.24) is 0 Å². The van der Waals surface area contributed by atoms with E-state index in [0.29, 0.717) is 46.6 Å². The number of methoxy groups -OCH3 is 1. The third kappa shape index (κ3) is 9.90. The zero-order chi connectivity index (χ0) is 53.4. The first-order chi connectivity index (χ1) is 37.5. The van der Waals surface area contributed by atoms with Gasteiger partial charge in [0.05, 0.1) is 25.4 Å². The molecule has 2 bridgehead atoms. The van der Waals surface area contributed by atoms with Gasteiger partial charge in [-0.05, 0) is 171 Å². The van der Waals surface area contributed by atoms with Crippen LogP contribution in [-0.2, 0) is 48.7 Å². The van der Waals surface area contributed by atoms with Gasteiger partial charge in [-0.1, -0.05) is 105 Å². The van der Waals surface area contributed by atoms with Crippen LogP contribution in [0.4, 0.5) is 0 Å². The minimum absolute atomic E-state index is 0.0127. The van der Waals surface area contributed by atoms with Gasteiger partial charge in [-0.25, -0.2) is 9.59 Å². The normalized spacial score (nSPS) is 28.9. The summed E-state index contributed by atoms with van der Waals surface area (Å²) in [5, 5.41) is 32.2. The monoisotopic (exact) mass is 1050 g/mol. The molecule has 9 atom stereocenters. The molecule has 3 saturated carbocycles. The molecule has 0 radical (unpaired) electrons. The minimum Gasteiger partial charge on any atom is -0.483 e. The maximum atomic E-state index is 15.5. The molecule has 11 nitrogen and oxygen atoms in total. The molecule has 7 aliphatic rings. The molecule has 0 saturated heterocycles. The Kier molecular flexibility index (Phi) is 15.7.